The quantitative estimate of drug-likeness (QED) is 0.220. The number of anilines is 2. The molecule has 1 N–H and O–H groups in total. The third kappa shape index (κ3) is 5.50. The smallest absolute Gasteiger partial charge is 0.337 e. The fourth-order valence-corrected chi connectivity index (χ4v) is 5.44. The number of ether oxygens (including phenoxy) is 1. The molecular formula is C31H26Br2N2O2. The average molecular weight is 618 g/mol. The van der Waals surface area contributed by atoms with Gasteiger partial charge < -0.3 is 15.0 Å². The molecule has 0 saturated carbocycles. The zero-order chi connectivity index (χ0) is 25.8. The number of benzene rings is 4. The van der Waals surface area contributed by atoms with Crippen LogP contribution in [0.3, 0.4) is 0 Å². The maximum atomic E-state index is 13.5. The normalized spacial score (nSPS) is 17.4. The first-order valence-corrected chi connectivity index (χ1v) is 13.6. The van der Waals surface area contributed by atoms with E-state index in [1.54, 1.807) is 0 Å². The minimum absolute atomic E-state index is 0.0382. The van der Waals surface area contributed by atoms with Crippen LogP contribution in [0, 0.1) is 0 Å². The van der Waals surface area contributed by atoms with Crippen LogP contribution < -0.4 is 10.2 Å². The molecule has 6 heteroatoms. The van der Waals surface area contributed by atoms with E-state index in [1.165, 1.54) is 7.11 Å². The second-order valence-corrected chi connectivity index (χ2v) is 10.7. The van der Waals surface area contributed by atoms with Crippen molar-refractivity contribution in [1.82, 2.24) is 0 Å². The highest BCUT2D eigenvalue weighted by atomic mass is 79.9. The van der Waals surface area contributed by atoms with E-state index in [0.717, 1.165) is 37.1 Å². The molecule has 0 fully saturated rings. The monoisotopic (exact) mass is 616 g/mol. The Morgan fingerprint density at radius 2 is 1.32 bits per heavy atom. The van der Waals surface area contributed by atoms with Crippen molar-refractivity contribution in [3.8, 4) is 0 Å². The first-order valence-electron chi connectivity index (χ1n) is 12.0. The molecule has 0 unspecified atom stereocenters. The molecule has 0 spiro atoms. The molecule has 0 saturated heterocycles. The number of esters is 1. The van der Waals surface area contributed by atoms with Crippen LogP contribution in [0.15, 0.2) is 129 Å². The average Bonchev–Trinajstić information content (AvgIpc) is 2.94. The van der Waals surface area contributed by atoms with Crippen molar-refractivity contribution in [3.63, 3.8) is 0 Å². The van der Waals surface area contributed by atoms with Gasteiger partial charge in [0, 0.05) is 32.4 Å². The summed E-state index contributed by atoms with van der Waals surface area (Å²) in [5.41, 5.74) is 5.57. The first kappa shape index (κ1) is 25.3. The summed E-state index contributed by atoms with van der Waals surface area (Å²) in [5, 5.41) is 3.57. The number of carbonyl (C=O) groups is 1. The molecule has 186 valence electrons. The third-order valence-electron chi connectivity index (χ3n) is 6.58. The summed E-state index contributed by atoms with van der Waals surface area (Å²) in [4.78, 5) is 15.9. The molecule has 4 aromatic carbocycles. The van der Waals surface area contributed by atoms with Crippen molar-refractivity contribution in [1.29, 1.82) is 0 Å². The van der Waals surface area contributed by atoms with E-state index in [9.17, 15) is 4.79 Å². The number of nitrogens with zero attached hydrogens (tertiary/aromatic N) is 1. The van der Waals surface area contributed by atoms with Crippen molar-refractivity contribution in [3.05, 3.63) is 141 Å². The van der Waals surface area contributed by atoms with Gasteiger partial charge in [-0.2, -0.15) is 0 Å². The van der Waals surface area contributed by atoms with Crippen LogP contribution in [0.2, 0.25) is 0 Å². The number of hydrogen-bond donors (Lipinski definition) is 1. The molecule has 2 atom stereocenters. The lowest BCUT2D eigenvalue weighted by atomic mass is 9.84. The Labute approximate surface area is 234 Å². The SMILES string of the molecule is COC(=O)C1=C(Nc2ccccc2)C[C@H](c2ccc(Br)cc2)N(c2ccccc2)[C@H]1c1ccc(Br)cc1. The lowest BCUT2D eigenvalue weighted by Crippen LogP contribution is -2.41. The highest BCUT2D eigenvalue weighted by molar-refractivity contribution is 9.10. The standard InChI is InChI=1S/C31H26Br2N2O2/c1-37-31(36)29-27(34-25-8-4-2-5-9-25)20-28(21-12-16-23(32)17-13-21)35(26-10-6-3-7-11-26)30(29)22-14-18-24(33)19-15-22/h2-19,28,30,34H,20H2,1H3/t28-,30+/m1/s1. The second-order valence-electron chi connectivity index (χ2n) is 8.84. The van der Waals surface area contributed by atoms with Crippen molar-refractivity contribution < 1.29 is 9.53 Å². The maximum absolute atomic E-state index is 13.5. The molecule has 1 aliphatic rings. The van der Waals surface area contributed by atoms with Crippen LogP contribution in [0.4, 0.5) is 11.4 Å². The van der Waals surface area contributed by atoms with E-state index in [2.05, 4.69) is 90.6 Å². The van der Waals surface area contributed by atoms with Gasteiger partial charge in [-0.1, -0.05) is 92.5 Å². The molecule has 37 heavy (non-hydrogen) atoms. The molecule has 1 aliphatic heterocycles. The molecule has 4 nitrogen and oxygen atoms in total. The molecule has 0 bridgehead atoms. The number of rotatable bonds is 6. The van der Waals surface area contributed by atoms with Crippen LogP contribution in [0.25, 0.3) is 0 Å². The molecule has 0 amide bonds. The molecule has 0 radical (unpaired) electrons. The van der Waals surface area contributed by atoms with Crippen molar-refractivity contribution >= 4 is 49.2 Å². The summed E-state index contributed by atoms with van der Waals surface area (Å²) in [6.45, 7) is 0. The first-order chi connectivity index (χ1) is 18.0. The second kappa shape index (κ2) is 11.4. The summed E-state index contributed by atoms with van der Waals surface area (Å²) in [7, 11) is 1.45. The van der Waals surface area contributed by atoms with E-state index < -0.39 is 0 Å². The number of methoxy groups -OCH3 is 1. The predicted molar refractivity (Wildman–Crippen MR) is 156 cm³/mol. The Kier molecular flexibility index (Phi) is 7.77. The van der Waals surface area contributed by atoms with Gasteiger partial charge in [-0.15, -0.1) is 0 Å². The third-order valence-corrected chi connectivity index (χ3v) is 7.64. The van der Waals surface area contributed by atoms with Crippen molar-refractivity contribution in [2.24, 2.45) is 0 Å². The Morgan fingerprint density at radius 1 is 0.784 bits per heavy atom. The van der Waals surface area contributed by atoms with E-state index in [1.807, 2.05) is 60.7 Å². The molecule has 1 heterocycles. The summed E-state index contributed by atoms with van der Waals surface area (Å²) >= 11 is 7.14. The summed E-state index contributed by atoms with van der Waals surface area (Å²) in [6.07, 6.45) is 0.600. The van der Waals surface area contributed by atoms with Gasteiger partial charge in [0.1, 0.15) is 0 Å². The van der Waals surface area contributed by atoms with Gasteiger partial charge in [0.05, 0.1) is 24.8 Å². The Hall–Kier alpha value is -3.35. The van der Waals surface area contributed by atoms with Gasteiger partial charge in [0.25, 0.3) is 0 Å². The molecule has 4 aromatic rings. The maximum Gasteiger partial charge on any atom is 0.337 e. The van der Waals surface area contributed by atoms with Gasteiger partial charge in [-0.3, -0.25) is 0 Å². The van der Waals surface area contributed by atoms with Gasteiger partial charge in [-0.25, -0.2) is 4.79 Å². The highest BCUT2D eigenvalue weighted by Gasteiger charge is 2.41. The minimum atomic E-state index is -0.378. The molecule has 0 aromatic heterocycles. The van der Waals surface area contributed by atoms with Crippen LogP contribution in [-0.2, 0) is 9.53 Å². The largest absolute Gasteiger partial charge is 0.466 e. The van der Waals surface area contributed by atoms with E-state index in [4.69, 9.17) is 4.74 Å². The summed E-state index contributed by atoms with van der Waals surface area (Å²) in [5.74, 6) is -0.346. The summed E-state index contributed by atoms with van der Waals surface area (Å²) < 4.78 is 7.40. The van der Waals surface area contributed by atoms with Crippen LogP contribution in [0.5, 0.6) is 0 Å². The molecule has 5 rings (SSSR count). The fourth-order valence-electron chi connectivity index (χ4n) is 4.91. The van der Waals surface area contributed by atoms with Crippen LogP contribution >= 0.6 is 31.9 Å². The fraction of sp³-hybridized carbons (Fsp3) is 0.129. The predicted octanol–water partition coefficient (Wildman–Crippen LogP) is 8.44. The zero-order valence-electron chi connectivity index (χ0n) is 20.3. The topological polar surface area (TPSA) is 41.6 Å². The molecule has 0 aliphatic carbocycles. The van der Waals surface area contributed by atoms with E-state index in [0.29, 0.717) is 12.0 Å². The number of nitrogens with one attached hydrogen (secondary N) is 1. The number of para-hydroxylation sites is 2. The minimum Gasteiger partial charge on any atom is -0.466 e. The van der Waals surface area contributed by atoms with Crippen LogP contribution in [-0.4, -0.2) is 13.1 Å². The van der Waals surface area contributed by atoms with Gasteiger partial charge in [0.15, 0.2) is 0 Å². The van der Waals surface area contributed by atoms with E-state index in [-0.39, 0.29) is 18.1 Å². The van der Waals surface area contributed by atoms with E-state index >= 15 is 0 Å². The highest BCUT2D eigenvalue weighted by Crippen LogP contribution is 2.48. The lowest BCUT2D eigenvalue weighted by molar-refractivity contribution is -0.136. The Bertz CT molecular complexity index is 1390. The van der Waals surface area contributed by atoms with Crippen LogP contribution in [0.1, 0.15) is 29.6 Å². The Balaban J connectivity index is 1.77. The zero-order valence-corrected chi connectivity index (χ0v) is 23.4. The van der Waals surface area contributed by atoms with Crippen molar-refractivity contribution in [2.75, 3.05) is 17.3 Å². The Morgan fingerprint density at radius 3 is 1.89 bits per heavy atom. The summed E-state index contributed by atoms with van der Waals surface area (Å²) in [6, 6.07) is 36.4. The number of hydrogen-bond acceptors (Lipinski definition) is 4. The number of halogens is 2. The molecular weight excluding hydrogens is 592 g/mol. The van der Waals surface area contributed by atoms with Gasteiger partial charge in [0.2, 0.25) is 0 Å². The lowest BCUT2D eigenvalue weighted by Gasteiger charge is -2.46. The van der Waals surface area contributed by atoms with Crippen molar-refractivity contribution in [2.45, 2.75) is 18.5 Å². The number of carbonyl (C=O) groups excluding carboxylic acids is 1. The van der Waals surface area contributed by atoms with Gasteiger partial charge >= 0.3 is 5.97 Å². The van der Waals surface area contributed by atoms with Gasteiger partial charge in [-0.05, 0) is 59.7 Å².